The van der Waals surface area contributed by atoms with Crippen molar-refractivity contribution in [3.05, 3.63) is 35.9 Å². The zero-order valence-electron chi connectivity index (χ0n) is 12.2. The highest BCUT2D eigenvalue weighted by Crippen LogP contribution is 2.30. The standard InChI is InChI=1S/C16H21NO3/c1-16(2,3)15(19)20-14(11-7-5-4-6-8-11)12-9-10-13(18)17-12/h4-8,12,14H,9-10H2,1-3H3,(H,17,18)/t12-,14-/m1/s1. The van der Waals surface area contributed by atoms with Gasteiger partial charge in [-0.05, 0) is 32.8 Å². The molecule has 1 amide bonds. The third kappa shape index (κ3) is 3.38. The van der Waals surface area contributed by atoms with E-state index in [1.807, 2.05) is 51.1 Å². The van der Waals surface area contributed by atoms with E-state index in [9.17, 15) is 9.59 Å². The Labute approximate surface area is 119 Å². The summed E-state index contributed by atoms with van der Waals surface area (Å²) in [6.07, 6.45) is 0.756. The molecule has 0 spiro atoms. The van der Waals surface area contributed by atoms with Crippen LogP contribution in [0.2, 0.25) is 0 Å². The Morgan fingerprint density at radius 1 is 1.30 bits per heavy atom. The molecule has 0 aromatic heterocycles. The minimum Gasteiger partial charge on any atom is -0.455 e. The second-order valence-corrected chi connectivity index (χ2v) is 6.20. The molecular weight excluding hydrogens is 254 g/mol. The number of ether oxygens (including phenoxy) is 1. The first-order valence-corrected chi connectivity index (χ1v) is 6.93. The molecule has 1 aliphatic heterocycles. The monoisotopic (exact) mass is 275 g/mol. The number of rotatable bonds is 3. The van der Waals surface area contributed by atoms with Gasteiger partial charge in [-0.2, -0.15) is 0 Å². The van der Waals surface area contributed by atoms with Crippen molar-refractivity contribution in [1.82, 2.24) is 5.32 Å². The molecule has 1 heterocycles. The number of esters is 1. The molecule has 108 valence electrons. The van der Waals surface area contributed by atoms with E-state index in [0.717, 1.165) is 5.56 Å². The first kappa shape index (κ1) is 14.6. The minimum absolute atomic E-state index is 0.0164. The zero-order valence-corrected chi connectivity index (χ0v) is 12.2. The van der Waals surface area contributed by atoms with Crippen LogP contribution in [0.15, 0.2) is 30.3 Å². The van der Waals surface area contributed by atoms with Crippen molar-refractivity contribution < 1.29 is 14.3 Å². The summed E-state index contributed by atoms with van der Waals surface area (Å²) in [5, 5.41) is 2.89. The molecule has 1 saturated heterocycles. The Hall–Kier alpha value is -1.84. The fourth-order valence-corrected chi connectivity index (χ4v) is 2.18. The van der Waals surface area contributed by atoms with Gasteiger partial charge in [-0.25, -0.2) is 0 Å². The minimum atomic E-state index is -0.560. The number of hydrogen-bond donors (Lipinski definition) is 1. The summed E-state index contributed by atoms with van der Waals surface area (Å²) in [5.74, 6) is -0.241. The number of hydrogen-bond acceptors (Lipinski definition) is 3. The van der Waals surface area contributed by atoms with Gasteiger partial charge < -0.3 is 10.1 Å². The Bertz CT molecular complexity index is 490. The molecule has 2 rings (SSSR count). The van der Waals surface area contributed by atoms with E-state index < -0.39 is 11.5 Å². The summed E-state index contributed by atoms with van der Waals surface area (Å²) >= 11 is 0. The van der Waals surface area contributed by atoms with Gasteiger partial charge in [0.2, 0.25) is 5.91 Å². The summed E-state index contributed by atoms with van der Waals surface area (Å²) in [7, 11) is 0. The largest absolute Gasteiger partial charge is 0.455 e. The van der Waals surface area contributed by atoms with E-state index in [1.54, 1.807) is 0 Å². The van der Waals surface area contributed by atoms with Gasteiger partial charge in [-0.1, -0.05) is 30.3 Å². The molecule has 0 aliphatic carbocycles. The maximum absolute atomic E-state index is 12.2. The molecule has 1 aliphatic rings. The van der Waals surface area contributed by atoms with Crippen LogP contribution in [0.4, 0.5) is 0 Å². The highest BCUT2D eigenvalue weighted by molar-refractivity contribution is 5.79. The van der Waals surface area contributed by atoms with Gasteiger partial charge in [0.15, 0.2) is 0 Å². The summed E-state index contributed by atoms with van der Waals surface area (Å²) < 4.78 is 5.68. The quantitative estimate of drug-likeness (QED) is 0.863. The van der Waals surface area contributed by atoms with Gasteiger partial charge in [0.25, 0.3) is 0 Å². The normalized spacial score (nSPS) is 20.4. The number of amides is 1. The van der Waals surface area contributed by atoms with Crippen molar-refractivity contribution in [3.8, 4) is 0 Å². The van der Waals surface area contributed by atoms with E-state index in [0.29, 0.717) is 12.8 Å². The van der Waals surface area contributed by atoms with Crippen molar-refractivity contribution in [1.29, 1.82) is 0 Å². The Kier molecular flexibility index (Phi) is 4.12. The SMILES string of the molecule is CC(C)(C)C(=O)O[C@H](c1ccccc1)[C@H]1CCC(=O)N1. The first-order valence-electron chi connectivity index (χ1n) is 6.93. The third-order valence-corrected chi connectivity index (χ3v) is 3.37. The fraction of sp³-hybridized carbons (Fsp3) is 0.500. The van der Waals surface area contributed by atoms with E-state index in [2.05, 4.69) is 5.32 Å². The molecule has 0 radical (unpaired) electrons. The van der Waals surface area contributed by atoms with Crippen LogP contribution in [0.3, 0.4) is 0 Å². The van der Waals surface area contributed by atoms with Crippen LogP contribution in [0.1, 0.15) is 45.3 Å². The van der Waals surface area contributed by atoms with Gasteiger partial charge in [0, 0.05) is 6.42 Å². The lowest BCUT2D eigenvalue weighted by Gasteiger charge is -2.27. The molecule has 0 unspecified atom stereocenters. The van der Waals surface area contributed by atoms with Crippen molar-refractivity contribution in [2.75, 3.05) is 0 Å². The predicted octanol–water partition coefficient (Wildman–Crippen LogP) is 2.60. The average Bonchev–Trinajstić information content (AvgIpc) is 2.82. The van der Waals surface area contributed by atoms with Crippen LogP contribution in [0, 0.1) is 5.41 Å². The Morgan fingerprint density at radius 3 is 2.45 bits per heavy atom. The molecule has 0 saturated carbocycles. The lowest BCUT2D eigenvalue weighted by molar-refractivity contribution is -0.160. The molecule has 1 fully saturated rings. The first-order chi connectivity index (χ1) is 9.38. The summed E-state index contributed by atoms with van der Waals surface area (Å²) in [6, 6.07) is 9.43. The number of carbonyl (C=O) groups is 2. The number of benzene rings is 1. The van der Waals surface area contributed by atoms with E-state index in [4.69, 9.17) is 4.74 Å². The Balaban J connectivity index is 2.21. The van der Waals surface area contributed by atoms with Gasteiger partial charge in [-0.15, -0.1) is 0 Å². The fourth-order valence-electron chi connectivity index (χ4n) is 2.18. The summed E-state index contributed by atoms with van der Waals surface area (Å²) in [6.45, 7) is 5.47. The van der Waals surface area contributed by atoms with E-state index in [1.165, 1.54) is 0 Å². The third-order valence-electron chi connectivity index (χ3n) is 3.37. The molecule has 2 atom stereocenters. The molecule has 0 bridgehead atoms. The van der Waals surface area contributed by atoms with Crippen LogP contribution in [-0.2, 0) is 14.3 Å². The van der Waals surface area contributed by atoms with Crippen molar-refractivity contribution >= 4 is 11.9 Å². The van der Waals surface area contributed by atoms with Gasteiger partial charge in [-0.3, -0.25) is 9.59 Å². The van der Waals surface area contributed by atoms with Gasteiger partial charge in [0.1, 0.15) is 6.10 Å². The number of carbonyl (C=O) groups excluding carboxylic acids is 2. The van der Waals surface area contributed by atoms with Gasteiger partial charge >= 0.3 is 5.97 Å². The van der Waals surface area contributed by atoms with Crippen LogP contribution < -0.4 is 5.32 Å². The Morgan fingerprint density at radius 2 is 1.95 bits per heavy atom. The highest BCUT2D eigenvalue weighted by Gasteiger charge is 2.35. The molecule has 1 aromatic rings. The molecule has 1 N–H and O–H groups in total. The molecule has 4 nitrogen and oxygen atoms in total. The molecular formula is C16H21NO3. The molecule has 4 heteroatoms. The smallest absolute Gasteiger partial charge is 0.311 e. The maximum atomic E-state index is 12.2. The van der Waals surface area contributed by atoms with Crippen LogP contribution in [-0.4, -0.2) is 17.9 Å². The van der Waals surface area contributed by atoms with Crippen LogP contribution >= 0.6 is 0 Å². The van der Waals surface area contributed by atoms with Gasteiger partial charge in [0.05, 0.1) is 11.5 Å². The molecule has 1 aromatic carbocycles. The lowest BCUT2D eigenvalue weighted by atomic mass is 9.96. The van der Waals surface area contributed by atoms with E-state index >= 15 is 0 Å². The van der Waals surface area contributed by atoms with Crippen LogP contribution in [0.25, 0.3) is 0 Å². The average molecular weight is 275 g/mol. The second-order valence-electron chi connectivity index (χ2n) is 6.20. The second kappa shape index (κ2) is 5.65. The van der Waals surface area contributed by atoms with Crippen molar-refractivity contribution in [3.63, 3.8) is 0 Å². The summed E-state index contributed by atoms with van der Waals surface area (Å²) in [4.78, 5) is 23.6. The maximum Gasteiger partial charge on any atom is 0.311 e. The summed E-state index contributed by atoms with van der Waals surface area (Å²) in [5.41, 5.74) is 0.354. The molecule has 20 heavy (non-hydrogen) atoms. The predicted molar refractivity (Wildman–Crippen MR) is 75.9 cm³/mol. The van der Waals surface area contributed by atoms with Crippen LogP contribution in [0.5, 0.6) is 0 Å². The number of nitrogens with one attached hydrogen (secondary N) is 1. The topological polar surface area (TPSA) is 55.4 Å². The zero-order chi connectivity index (χ0) is 14.8. The lowest BCUT2D eigenvalue weighted by Crippen LogP contribution is -2.36. The van der Waals surface area contributed by atoms with Crippen molar-refractivity contribution in [2.24, 2.45) is 5.41 Å². The van der Waals surface area contributed by atoms with E-state index in [-0.39, 0.29) is 17.9 Å². The van der Waals surface area contributed by atoms with Crippen molar-refractivity contribution in [2.45, 2.75) is 45.8 Å². The highest BCUT2D eigenvalue weighted by atomic mass is 16.5.